The van der Waals surface area contributed by atoms with Crippen LogP contribution < -0.4 is 16.4 Å². The Bertz CT molecular complexity index is 1140. The molecule has 0 aliphatic rings. The lowest BCUT2D eigenvalue weighted by molar-refractivity contribution is -0.115. The first-order valence-corrected chi connectivity index (χ1v) is 12.8. The molecule has 0 spiro atoms. The quantitative estimate of drug-likeness (QED) is 0.206. The number of nitrogens with one attached hydrogen (secondary N) is 2. The number of nitrogens with two attached hydrogens (primary N) is 1. The highest BCUT2D eigenvalue weighted by atomic mass is 16.4. The van der Waals surface area contributed by atoms with Crippen LogP contribution in [-0.4, -0.2) is 58.4 Å². The van der Waals surface area contributed by atoms with E-state index < -0.39 is 29.7 Å². The predicted molar refractivity (Wildman–Crippen MR) is 149 cm³/mol. The van der Waals surface area contributed by atoms with E-state index in [1.165, 1.54) is 0 Å². The van der Waals surface area contributed by atoms with E-state index >= 15 is 0 Å². The van der Waals surface area contributed by atoms with E-state index in [4.69, 9.17) is 5.73 Å². The third-order valence-corrected chi connectivity index (χ3v) is 6.84. The van der Waals surface area contributed by atoms with E-state index in [2.05, 4.69) is 15.6 Å². The molecule has 6 N–H and O–H groups in total. The van der Waals surface area contributed by atoms with Crippen molar-refractivity contribution in [2.75, 3.05) is 6.54 Å². The van der Waals surface area contributed by atoms with Gasteiger partial charge in [0.1, 0.15) is 6.29 Å². The first-order valence-electron chi connectivity index (χ1n) is 12.8. The summed E-state index contributed by atoms with van der Waals surface area (Å²) in [6.45, 7) is 3.60. The van der Waals surface area contributed by atoms with Crippen molar-refractivity contribution in [3.8, 4) is 11.3 Å². The molecule has 3 rings (SSSR count). The maximum absolute atomic E-state index is 11.7. The number of carbonyl (C=O) groups is 2. The van der Waals surface area contributed by atoms with E-state index in [0.717, 1.165) is 28.7 Å². The van der Waals surface area contributed by atoms with E-state index in [0.29, 0.717) is 19.3 Å². The predicted octanol–water partition coefficient (Wildman–Crippen LogP) is 3.43. The van der Waals surface area contributed by atoms with Crippen LogP contribution in [0.15, 0.2) is 79.0 Å². The Morgan fingerprint density at radius 2 is 1.66 bits per heavy atom. The minimum Gasteiger partial charge on any atom is -0.465 e. The van der Waals surface area contributed by atoms with E-state index in [-0.39, 0.29) is 12.6 Å². The maximum atomic E-state index is 11.7. The second kappa shape index (κ2) is 13.8. The highest BCUT2D eigenvalue weighted by Gasteiger charge is 2.31. The molecule has 0 saturated heterocycles. The van der Waals surface area contributed by atoms with Gasteiger partial charge in [0.2, 0.25) is 0 Å². The molecule has 0 aliphatic carbocycles. The number of benzene rings is 2. The maximum Gasteiger partial charge on any atom is 0.404 e. The number of aldehydes is 1. The Balaban J connectivity index is 1.74. The molecule has 1 heterocycles. The zero-order valence-electron chi connectivity index (χ0n) is 22.0. The summed E-state index contributed by atoms with van der Waals surface area (Å²) in [5, 5.41) is 26.2. The highest BCUT2D eigenvalue weighted by Crippen LogP contribution is 2.20. The molecule has 0 fully saturated rings. The van der Waals surface area contributed by atoms with Crippen LogP contribution in [0.25, 0.3) is 11.3 Å². The minimum atomic E-state index is -1.20. The van der Waals surface area contributed by atoms with Crippen LogP contribution in [0.2, 0.25) is 0 Å². The van der Waals surface area contributed by atoms with Crippen LogP contribution in [0.5, 0.6) is 0 Å². The first kappa shape index (κ1) is 29.0. The van der Waals surface area contributed by atoms with Gasteiger partial charge >= 0.3 is 6.09 Å². The number of carboxylic acid groups (broad SMARTS) is 1. The number of hydrogen-bond donors (Lipinski definition) is 5. The van der Waals surface area contributed by atoms with Gasteiger partial charge in [-0.2, -0.15) is 0 Å². The van der Waals surface area contributed by atoms with Crippen molar-refractivity contribution in [2.24, 2.45) is 11.1 Å². The summed E-state index contributed by atoms with van der Waals surface area (Å²) in [4.78, 5) is 27.4. The molecule has 1 unspecified atom stereocenters. The van der Waals surface area contributed by atoms with Crippen LogP contribution in [0.4, 0.5) is 4.79 Å². The van der Waals surface area contributed by atoms with Crippen LogP contribution in [-0.2, 0) is 17.6 Å². The Hall–Kier alpha value is -3.59. The van der Waals surface area contributed by atoms with E-state index in [9.17, 15) is 19.8 Å². The number of nitrogens with zero attached hydrogens (tertiary/aromatic N) is 1. The number of amides is 1. The number of pyridine rings is 1. The lowest BCUT2D eigenvalue weighted by Crippen LogP contribution is -2.53. The highest BCUT2D eigenvalue weighted by molar-refractivity contribution is 5.67. The molecule has 38 heavy (non-hydrogen) atoms. The summed E-state index contributed by atoms with van der Waals surface area (Å²) >= 11 is 0. The third kappa shape index (κ3) is 8.76. The van der Waals surface area contributed by atoms with E-state index in [1.54, 1.807) is 20.0 Å². The van der Waals surface area contributed by atoms with Crippen LogP contribution in [0.1, 0.15) is 31.4 Å². The van der Waals surface area contributed by atoms with Gasteiger partial charge in [0.25, 0.3) is 0 Å². The van der Waals surface area contributed by atoms with Crippen molar-refractivity contribution >= 4 is 12.4 Å². The fourth-order valence-corrected chi connectivity index (χ4v) is 4.37. The van der Waals surface area contributed by atoms with Gasteiger partial charge in [-0.25, -0.2) is 4.79 Å². The van der Waals surface area contributed by atoms with Gasteiger partial charge in [-0.05, 0) is 42.5 Å². The molecule has 0 saturated carbocycles. The van der Waals surface area contributed by atoms with Gasteiger partial charge in [0, 0.05) is 35.8 Å². The number of aromatic nitrogens is 1. The summed E-state index contributed by atoms with van der Waals surface area (Å²) in [7, 11) is 0. The monoisotopic (exact) mass is 518 g/mol. The number of carbonyl (C=O) groups excluding carboxylic acids is 1. The molecule has 2 aromatic carbocycles. The molecule has 0 radical (unpaired) electrons. The van der Waals surface area contributed by atoms with Gasteiger partial charge in [-0.3, -0.25) is 4.98 Å². The average molecular weight is 519 g/mol. The molecule has 202 valence electrons. The normalized spacial score (nSPS) is 14.7. The Labute approximate surface area is 224 Å². The van der Waals surface area contributed by atoms with Crippen molar-refractivity contribution in [1.29, 1.82) is 0 Å². The Kier molecular flexibility index (Phi) is 10.5. The standard InChI is InChI=1S/C30H38N4O4/c1-30(2,20-35)28(34-29(37)38)19-33-24(18-27(36)25(31)17-21-8-4-3-5-9-21)16-22-11-13-23(14-12-22)26-10-6-7-15-32-26/h3-15,20,24-25,27-28,33-34,36H,16-19,31H2,1-2H3,(H,37,38)/t24-,25-,27-,28?/m0/s1. The zero-order chi connectivity index (χ0) is 27.5. The lowest BCUT2D eigenvalue weighted by Gasteiger charge is -2.32. The molecular formula is C30H38N4O4. The third-order valence-electron chi connectivity index (χ3n) is 6.84. The number of rotatable bonds is 14. The summed E-state index contributed by atoms with van der Waals surface area (Å²) < 4.78 is 0. The largest absolute Gasteiger partial charge is 0.465 e. The van der Waals surface area contributed by atoms with Crippen molar-refractivity contribution in [3.05, 3.63) is 90.1 Å². The first-order chi connectivity index (χ1) is 18.2. The topological polar surface area (TPSA) is 138 Å². The number of aliphatic hydroxyl groups is 1. The Morgan fingerprint density at radius 3 is 2.26 bits per heavy atom. The Morgan fingerprint density at radius 1 is 1.00 bits per heavy atom. The summed E-state index contributed by atoms with van der Waals surface area (Å²) in [6.07, 6.45) is 2.01. The average Bonchev–Trinajstić information content (AvgIpc) is 2.92. The fraction of sp³-hybridized carbons (Fsp3) is 0.367. The van der Waals surface area contributed by atoms with Crippen LogP contribution in [0, 0.1) is 5.41 Å². The van der Waals surface area contributed by atoms with Gasteiger partial charge < -0.3 is 31.4 Å². The molecule has 8 nitrogen and oxygen atoms in total. The smallest absolute Gasteiger partial charge is 0.404 e. The summed E-state index contributed by atoms with van der Waals surface area (Å²) in [5.41, 5.74) is 9.43. The van der Waals surface area contributed by atoms with E-state index in [1.807, 2.05) is 72.8 Å². The molecule has 0 aliphatic heterocycles. The second-order valence-corrected chi connectivity index (χ2v) is 10.3. The summed E-state index contributed by atoms with van der Waals surface area (Å²) in [5.74, 6) is 0. The van der Waals surface area contributed by atoms with Gasteiger partial charge in [-0.15, -0.1) is 0 Å². The fourth-order valence-electron chi connectivity index (χ4n) is 4.37. The van der Waals surface area contributed by atoms with Crippen molar-refractivity contribution in [3.63, 3.8) is 0 Å². The molecule has 3 aromatic rings. The number of hydrogen-bond acceptors (Lipinski definition) is 6. The van der Waals surface area contributed by atoms with Gasteiger partial charge in [0.15, 0.2) is 0 Å². The van der Waals surface area contributed by atoms with Gasteiger partial charge in [0.05, 0.1) is 17.8 Å². The SMILES string of the molecule is CC(C)(C=O)C(CN[C@@H](Cc1ccc(-c2ccccn2)cc1)C[C@H](O)[C@@H](N)Cc1ccccc1)NC(=O)O. The minimum absolute atomic E-state index is 0.215. The molecule has 1 amide bonds. The van der Waals surface area contributed by atoms with Crippen molar-refractivity contribution in [1.82, 2.24) is 15.6 Å². The van der Waals surface area contributed by atoms with Crippen LogP contribution >= 0.6 is 0 Å². The lowest BCUT2D eigenvalue weighted by atomic mass is 9.85. The second-order valence-electron chi connectivity index (χ2n) is 10.3. The summed E-state index contributed by atoms with van der Waals surface area (Å²) in [6, 6.07) is 22.3. The molecule has 8 heteroatoms. The van der Waals surface area contributed by atoms with Gasteiger partial charge in [-0.1, -0.05) is 74.5 Å². The molecule has 1 aromatic heterocycles. The molecule has 0 bridgehead atoms. The van der Waals surface area contributed by atoms with Crippen molar-refractivity contribution < 1.29 is 19.8 Å². The van der Waals surface area contributed by atoms with Crippen molar-refractivity contribution in [2.45, 2.75) is 57.3 Å². The van der Waals surface area contributed by atoms with Crippen LogP contribution in [0.3, 0.4) is 0 Å². The molecule has 4 atom stereocenters. The number of aliphatic hydroxyl groups excluding tert-OH is 1. The molecular weight excluding hydrogens is 480 g/mol. The zero-order valence-corrected chi connectivity index (χ0v) is 22.0.